The van der Waals surface area contributed by atoms with Crippen LogP contribution in [0.25, 0.3) is 11.0 Å². The van der Waals surface area contributed by atoms with Crippen LogP contribution in [-0.2, 0) is 23.1 Å². The van der Waals surface area contributed by atoms with Crippen molar-refractivity contribution in [3.8, 4) is 11.8 Å². The average molecular weight is 363 g/mol. The topological polar surface area (TPSA) is 109 Å². The van der Waals surface area contributed by atoms with E-state index in [9.17, 15) is 9.59 Å². The predicted octanol–water partition coefficient (Wildman–Crippen LogP) is 1.21. The summed E-state index contributed by atoms with van der Waals surface area (Å²) in [6, 6.07) is 16.1. The van der Waals surface area contributed by atoms with Gasteiger partial charge in [0.2, 0.25) is 5.91 Å². The SMILES string of the molecule is Cn1c(CC(=O)NNC(=O)COc2ccccc2C#N)nc2ccccc21. The minimum absolute atomic E-state index is 0.0174. The van der Waals surface area contributed by atoms with Gasteiger partial charge in [-0.15, -0.1) is 0 Å². The fraction of sp³-hybridized carbons (Fsp3) is 0.158. The number of para-hydroxylation sites is 3. The highest BCUT2D eigenvalue weighted by Gasteiger charge is 2.13. The molecule has 8 nitrogen and oxygen atoms in total. The van der Waals surface area contributed by atoms with E-state index in [4.69, 9.17) is 10.00 Å². The number of imidazole rings is 1. The molecule has 0 aliphatic carbocycles. The van der Waals surface area contributed by atoms with E-state index >= 15 is 0 Å². The van der Waals surface area contributed by atoms with Crippen LogP contribution in [0.5, 0.6) is 5.75 Å². The van der Waals surface area contributed by atoms with Gasteiger partial charge in [-0.25, -0.2) is 4.98 Å². The Labute approximate surface area is 155 Å². The zero-order valence-electron chi connectivity index (χ0n) is 14.6. The quantitative estimate of drug-likeness (QED) is 0.663. The predicted molar refractivity (Wildman–Crippen MR) is 97.4 cm³/mol. The number of rotatable bonds is 5. The molecule has 2 aromatic carbocycles. The van der Waals surface area contributed by atoms with E-state index < -0.39 is 11.8 Å². The summed E-state index contributed by atoms with van der Waals surface area (Å²) >= 11 is 0. The van der Waals surface area contributed by atoms with Crippen LogP contribution in [0, 0.1) is 11.3 Å². The molecule has 3 aromatic rings. The molecule has 2 amide bonds. The van der Waals surface area contributed by atoms with Crippen LogP contribution < -0.4 is 15.6 Å². The van der Waals surface area contributed by atoms with E-state index in [0.29, 0.717) is 17.1 Å². The third-order valence-corrected chi connectivity index (χ3v) is 3.91. The molecule has 2 N–H and O–H groups in total. The number of nitrogens with zero attached hydrogens (tertiary/aromatic N) is 3. The molecule has 0 fully saturated rings. The molecule has 0 saturated carbocycles. The van der Waals surface area contributed by atoms with E-state index in [1.165, 1.54) is 0 Å². The zero-order valence-corrected chi connectivity index (χ0v) is 14.6. The van der Waals surface area contributed by atoms with Gasteiger partial charge in [0.1, 0.15) is 17.6 Å². The molecule has 1 heterocycles. The molecule has 136 valence electrons. The Hall–Kier alpha value is -3.86. The molecule has 8 heteroatoms. The van der Waals surface area contributed by atoms with Crippen molar-refractivity contribution in [1.82, 2.24) is 20.4 Å². The van der Waals surface area contributed by atoms with Gasteiger partial charge in [0.05, 0.1) is 23.0 Å². The smallest absolute Gasteiger partial charge is 0.276 e. The molecule has 0 aliphatic rings. The fourth-order valence-electron chi connectivity index (χ4n) is 2.55. The van der Waals surface area contributed by atoms with E-state index in [-0.39, 0.29) is 13.0 Å². The van der Waals surface area contributed by atoms with Crippen molar-refractivity contribution in [2.45, 2.75) is 6.42 Å². The van der Waals surface area contributed by atoms with Gasteiger partial charge in [0.15, 0.2) is 6.61 Å². The molecule has 0 aliphatic heterocycles. The lowest BCUT2D eigenvalue weighted by atomic mass is 10.2. The number of carbonyl (C=O) groups excluding carboxylic acids is 2. The van der Waals surface area contributed by atoms with Crippen LogP contribution in [0.2, 0.25) is 0 Å². The summed E-state index contributed by atoms with van der Waals surface area (Å²) in [5.41, 5.74) is 6.67. The highest BCUT2D eigenvalue weighted by Crippen LogP contribution is 2.16. The Kier molecular flexibility index (Phi) is 5.33. The molecule has 0 saturated heterocycles. The summed E-state index contributed by atoms with van der Waals surface area (Å²) < 4.78 is 7.13. The molecule has 1 aromatic heterocycles. The van der Waals surface area contributed by atoms with Gasteiger partial charge in [0, 0.05) is 7.05 Å². The number of aryl methyl sites for hydroxylation is 1. The number of ether oxygens (including phenoxy) is 1. The van der Waals surface area contributed by atoms with Crippen LogP contribution in [0.1, 0.15) is 11.4 Å². The first-order valence-corrected chi connectivity index (χ1v) is 8.18. The van der Waals surface area contributed by atoms with Crippen molar-refractivity contribution >= 4 is 22.8 Å². The molecule has 0 bridgehead atoms. The number of amides is 2. The monoisotopic (exact) mass is 363 g/mol. The molecular formula is C19H17N5O3. The van der Waals surface area contributed by atoms with Crippen LogP contribution in [-0.4, -0.2) is 28.0 Å². The van der Waals surface area contributed by atoms with Gasteiger partial charge in [0.25, 0.3) is 5.91 Å². The summed E-state index contributed by atoms with van der Waals surface area (Å²) in [6.07, 6.45) is 0.0174. The lowest BCUT2D eigenvalue weighted by molar-refractivity contribution is -0.129. The standard InChI is InChI=1S/C19H17N5O3/c1-24-15-8-4-3-7-14(15)21-17(24)10-18(25)22-23-19(26)12-27-16-9-5-2-6-13(16)11-20/h2-9H,10,12H2,1H3,(H,22,25)(H,23,26). The van der Waals surface area contributed by atoms with E-state index in [0.717, 1.165) is 11.0 Å². The van der Waals surface area contributed by atoms with Gasteiger partial charge in [-0.05, 0) is 24.3 Å². The summed E-state index contributed by atoms with van der Waals surface area (Å²) in [6.45, 7) is -0.328. The summed E-state index contributed by atoms with van der Waals surface area (Å²) in [5, 5.41) is 8.98. The van der Waals surface area contributed by atoms with Gasteiger partial charge >= 0.3 is 0 Å². The number of fused-ring (bicyclic) bond motifs is 1. The van der Waals surface area contributed by atoms with Gasteiger partial charge < -0.3 is 9.30 Å². The molecule has 0 spiro atoms. The first-order valence-electron chi connectivity index (χ1n) is 8.18. The molecular weight excluding hydrogens is 346 g/mol. The van der Waals surface area contributed by atoms with E-state index in [1.807, 2.05) is 41.9 Å². The highest BCUT2D eigenvalue weighted by molar-refractivity contribution is 5.84. The zero-order chi connectivity index (χ0) is 19.2. The normalized spacial score (nSPS) is 10.2. The van der Waals surface area contributed by atoms with Crippen molar-refractivity contribution in [2.75, 3.05) is 6.61 Å². The minimum atomic E-state index is -0.541. The third-order valence-electron chi connectivity index (χ3n) is 3.91. The number of hydrogen-bond donors (Lipinski definition) is 2. The summed E-state index contributed by atoms with van der Waals surface area (Å²) in [5.74, 6) is -0.0522. The summed E-state index contributed by atoms with van der Waals surface area (Å²) in [4.78, 5) is 28.3. The Morgan fingerprint density at radius 1 is 1.11 bits per heavy atom. The van der Waals surface area contributed by atoms with Gasteiger partial charge in [-0.1, -0.05) is 24.3 Å². The average Bonchev–Trinajstić information content (AvgIpc) is 3.00. The number of nitrogens with one attached hydrogen (secondary N) is 2. The van der Waals surface area contributed by atoms with Crippen molar-refractivity contribution in [3.05, 3.63) is 59.9 Å². The number of hydrazine groups is 1. The molecule has 0 radical (unpaired) electrons. The second-order valence-corrected chi connectivity index (χ2v) is 5.75. The second kappa shape index (κ2) is 8.01. The number of nitriles is 1. The van der Waals surface area contributed by atoms with Crippen molar-refractivity contribution in [3.63, 3.8) is 0 Å². The van der Waals surface area contributed by atoms with Crippen molar-refractivity contribution in [2.24, 2.45) is 7.05 Å². The number of hydrogen-bond acceptors (Lipinski definition) is 5. The minimum Gasteiger partial charge on any atom is -0.482 e. The lowest BCUT2D eigenvalue weighted by Gasteiger charge is -2.09. The molecule has 0 atom stereocenters. The van der Waals surface area contributed by atoms with Crippen LogP contribution in [0.3, 0.4) is 0 Å². The molecule has 27 heavy (non-hydrogen) atoms. The maximum Gasteiger partial charge on any atom is 0.276 e. The maximum atomic E-state index is 12.1. The first kappa shape index (κ1) is 17.9. The number of carbonyl (C=O) groups is 2. The first-order chi connectivity index (χ1) is 13.1. The van der Waals surface area contributed by atoms with E-state index in [1.54, 1.807) is 24.3 Å². The van der Waals surface area contributed by atoms with Gasteiger partial charge in [-0.2, -0.15) is 5.26 Å². The highest BCUT2D eigenvalue weighted by atomic mass is 16.5. The van der Waals surface area contributed by atoms with Gasteiger partial charge in [-0.3, -0.25) is 20.4 Å². The fourth-order valence-corrected chi connectivity index (χ4v) is 2.55. The van der Waals surface area contributed by atoms with E-state index in [2.05, 4.69) is 15.8 Å². The van der Waals surface area contributed by atoms with Crippen LogP contribution in [0.4, 0.5) is 0 Å². The Morgan fingerprint density at radius 3 is 2.59 bits per heavy atom. The number of benzene rings is 2. The molecule has 3 rings (SSSR count). The van der Waals surface area contributed by atoms with Crippen LogP contribution >= 0.6 is 0 Å². The van der Waals surface area contributed by atoms with Crippen molar-refractivity contribution in [1.29, 1.82) is 5.26 Å². The summed E-state index contributed by atoms with van der Waals surface area (Å²) in [7, 11) is 1.83. The second-order valence-electron chi connectivity index (χ2n) is 5.75. The maximum absolute atomic E-state index is 12.1. The Bertz CT molecular complexity index is 1040. The van der Waals surface area contributed by atoms with Crippen molar-refractivity contribution < 1.29 is 14.3 Å². The number of aromatic nitrogens is 2. The largest absolute Gasteiger partial charge is 0.482 e. The Balaban J connectivity index is 1.50. The molecule has 0 unspecified atom stereocenters. The third kappa shape index (κ3) is 4.22. The Morgan fingerprint density at radius 2 is 1.81 bits per heavy atom. The lowest BCUT2D eigenvalue weighted by Crippen LogP contribution is -2.44. The van der Waals surface area contributed by atoms with Crippen LogP contribution in [0.15, 0.2) is 48.5 Å².